The molecule has 1 aromatic carbocycles. The molecule has 1 aromatic heterocycles. The third-order valence-electron chi connectivity index (χ3n) is 6.70. The molecule has 1 saturated heterocycles. The second-order valence-electron chi connectivity index (χ2n) is 9.19. The summed E-state index contributed by atoms with van der Waals surface area (Å²) >= 11 is 0. The molecule has 0 aliphatic carbocycles. The topological polar surface area (TPSA) is 81.6 Å². The lowest BCUT2D eigenvalue weighted by molar-refractivity contribution is -0.130. The van der Waals surface area contributed by atoms with Crippen molar-refractivity contribution >= 4 is 5.91 Å². The Bertz CT molecular complexity index is 897. The van der Waals surface area contributed by atoms with Gasteiger partial charge in [-0.25, -0.2) is 9.97 Å². The molecule has 1 atom stereocenters. The molecule has 0 bridgehead atoms. The van der Waals surface area contributed by atoms with E-state index < -0.39 is 6.10 Å². The number of rotatable bonds is 8. The van der Waals surface area contributed by atoms with Gasteiger partial charge in [0.05, 0.1) is 11.8 Å². The summed E-state index contributed by atoms with van der Waals surface area (Å²) in [5.41, 5.74) is 4.82. The van der Waals surface area contributed by atoms with Gasteiger partial charge in [-0.3, -0.25) is 9.69 Å². The number of nitrogens with zero attached hydrogens (tertiary/aromatic N) is 4. The average molecular weight is 438 g/mol. The molecule has 7 nitrogen and oxygen atoms in total. The maximum Gasteiger partial charge on any atom is 0.219 e. The Morgan fingerprint density at radius 1 is 1.16 bits per heavy atom. The van der Waals surface area contributed by atoms with Crippen LogP contribution in [0.4, 0.5) is 0 Å². The number of hydrogen-bond acceptors (Lipinski definition) is 6. The number of aliphatic hydroxyl groups excluding tert-OH is 1. The van der Waals surface area contributed by atoms with Crippen LogP contribution in [0.15, 0.2) is 36.7 Å². The van der Waals surface area contributed by atoms with Crippen LogP contribution in [-0.4, -0.2) is 69.6 Å². The van der Waals surface area contributed by atoms with Gasteiger partial charge in [-0.1, -0.05) is 24.3 Å². The van der Waals surface area contributed by atoms with Crippen LogP contribution in [0.1, 0.15) is 42.3 Å². The lowest BCUT2D eigenvalue weighted by Gasteiger charge is -2.31. The fourth-order valence-electron chi connectivity index (χ4n) is 4.84. The smallest absolute Gasteiger partial charge is 0.219 e. The highest BCUT2D eigenvalue weighted by Crippen LogP contribution is 2.21. The van der Waals surface area contributed by atoms with Crippen molar-refractivity contribution < 1.29 is 9.90 Å². The van der Waals surface area contributed by atoms with Gasteiger partial charge in [0.1, 0.15) is 6.33 Å². The van der Waals surface area contributed by atoms with Crippen molar-refractivity contribution in [1.82, 2.24) is 25.1 Å². The summed E-state index contributed by atoms with van der Waals surface area (Å²) in [4.78, 5) is 24.6. The SMILES string of the molecule is CC(=O)N1CCC(Cc2cc(CNCC(O)CN3CCc4ccccc4C3)ncn2)CC1. The summed E-state index contributed by atoms with van der Waals surface area (Å²) < 4.78 is 0. The second kappa shape index (κ2) is 11.0. The molecule has 32 heavy (non-hydrogen) atoms. The largest absolute Gasteiger partial charge is 0.390 e. The predicted molar refractivity (Wildman–Crippen MR) is 124 cm³/mol. The fourth-order valence-corrected chi connectivity index (χ4v) is 4.84. The molecule has 7 heteroatoms. The van der Waals surface area contributed by atoms with E-state index in [1.807, 2.05) is 4.90 Å². The van der Waals surface area contributed by atoms with Gasteiger partial charge < -0.3 is 15.3 Å². The number of carbonyl (C=O) groups excluding carboxylic acids is 1. The molecule has 4 rings (SSSR count). The number of benzene rings is 1. The first kappa shape index (κ1) is 22.8. The molecule has 0 saturated carbocycles. The molecule has 0 radical (unpaired) electrons. The molecule has 0 spiro atoms. The summed E-state index contributed by atoms with van der Waals surface area (Å²) in [6.07, 6.45) is 5.27. The monoisotopic (exact) mass is 437 g/mol. The molecule has 172 valence electrons. The number of piperidine rings is 1. The van der Waals surface area contributed by atoms with E-state index in [4.69, 9.17) is 0 Å². The van der Waals surface area contributed by atoms with E-state index in [0.717, 1.165) is 63.3 Å². The Hall–Kier alpha value is -2.35. The van der Waals surface area contributed by atoms with E-state index in [1.54, 1.807) is 13.3 Å². The van der Waals surface area contributed by atoms with E-state index >= 15 is 0 Å². The molecule has 2 aliphatic heterocycles. The molecule has 1 amide bonds. The minimum atomic E-state index is -0.409. The van der Waals surface area contributed by atoms with Crippen LogP contribution in [0, 0.1) is 5.92 Å². The standard InChI is InChI=1S/C25H35N5O2/c1-19(31)30-10-6-20(7-11-30)12-23-13-24(28-18-27-23)14-26-15-25(32)17-29-9-8-21-4-2-3-5-22(21)16-29/h2-5,13,18,20,25-26,32H,6-12,14-17H2,1H3. The molecule has 3 heterocycles. The molecule has 1 fully saturated rings. The lowest BCUT2D eigenvalue weighted by Crippen LogP contribution is -2.40. The van der Waals surface area contributed by atoms with Crippen LogP contribution < -0.4 is 5.32 Å². The Morgan fingerprint density at radius 2 is 1.91 bits per heavy atom. The quantitative estimate of drug-likeness (QED) is 0.655. The van der Waals surface area contributed by atoms with Crippen LogP contribution in [0.2, 0.25) is 0 Å². The van der Waals surface area contributed by atoms with Crippen molar-refractivity contribution in [2.75, 3.05) is 32.7 Å². The van der Waals surface area contributed by atoms with Gasteiger partial charge in [-0.2, -0.15) is 0 Å². The maximum atomic E-state index is 11.5. The zero-order valence-corrected chi connectivity index (χ0v) is 19.0. The van der Waals surface area contributed by atoms with Crippen molar-refractivity contribution in [2.45, 2.75) is 51.8 Å². The number of fused-ring (bicyclic) bond motifs is 1. The number of carbonyl (C=O) groups is 1. The van der Waals surface area contributed by atoms with Crippen LogP contribution in [-0.2, 0) is 30.7 Å². The summed E-state index contributed by atoms with van der Waals surface area (Å²) in [6.45, 7) is 7.09. The molecule has 2 aromatic rings. The van der Waals surface area contributed by atoms with Crippen LogP contribution >= 0.6 is 0 Å². The van der Waals surface area contributed by atoms with Crippen molar-refractivity contribution in [3.05, 3.63) is 59.2 Å². The summed E-state index contributed by atoms with van der Waals surface area (Å²) in [7, 11) is 0. The predicted octanol–water partition coefficient (Wildman–Crippen LogP) is 1.79. The number of nitrogens with one attached hydrogen (secondary N) is 1. The summed E-state index contributed by atoms with van der Waals surface area (Å²) in [6, 6.07) is 10.6. The first-order chi connectivity index (χ1) is 15.6. The number of amides is 1. The highest BCUT2D eigenvalue weighted by molar-refractivity contribution is 5.73. The third kappa shape index (κ3) is 6.34. The molecule has 2 aliphatic rings. The Kier molecular flexibility index (Phi) is 7.84. The number of aromatic nitrogens is 2. The van der Waals surface area contributed by atoms with Crippen molar-refractivity contribution in [3.8, 4) is 0 Å². The highest BCUT2D eigenvalue weighted by atomic mass is 16.3. The van der Waals surface area contributed by atoms with Gasteiger partial charge in [-0.15, -0.1) is 0 Å². The Labute approximate surface area is 190 Å². The summed E-state index contributed by atoms with van der Waals surface area (Å²) in [5.74, 6) is 0.740. The van der Waals surface area contributed by atoms with Gasteiger partial charge in [0.25, 0.3) is 0 Å². The Morgan fingerprint density at radius 3 is 2.69 bits per heavy atom. The fraction of sp³-hybridized carbons (Fsp3) is 0.560. The molecule has 1 unspecified atom stereocenters. The maximum absolute atomic E-state index is 11.5. The Balaban J connectivity index is 1.18. The van der Waals surface area contributed by atoms with Gasteiger partial charge in [0.2, 0.25) is 5.91 Å². The van der Waals surface area contributed by atoms with Gasteiger partial charge in [-0.05, 0) is 48.8 Å². The van der Waals surface area contributed by atoms with Crippen molar-refractivity contribution in [3.63, 3.8) is 0 Å². The van der Waals surface area contributed by atoms with E-state index in [0.29, 0.717) is 25.6 Å². The molecular weight excluding hydrogens is 402 g/mol. The minimum Gasteiger partial charge on any atom is -0.390 e. The first-order valence-electron chi connectivity index (χ1n) is 11.8. The van der Waals surface area contributed by atoms with Gasteiger partial charge in [0.15, 0.2) is 0 Å². The number of likely N-dealkylation sites (tertiary alicyclic amines) is 1. The normalized spacial score (nSPS) is 18.4. The molecule has 2 N–H and O–H groups in total. The van der Waals surface area contributed by atoms with Crippen LogP contribution in [0.25, 0.3) is 0 Å². The van der Waals surface area contributed by atoms with E-state index in [9.17, 15) is 9.90 Å². The third-order valence-corrected chi connectivity index (χ3v) is 6.70. The number of hydrogen-bond donors (Lipinski definition) is 2. The summed E-state index contributed by atoms with van der Waals surface area (Å²) in [5, 5.41) is 13.8. The van der Waals surface area contributed by atoms with Gasteiger partial charge >= 0.3 is 0 Å². The highest BCUT2D eigenvalue weighted by Gasteiger charge is 2.21. The lowest BCUT2D eigenvalue weighted by atomic mass is 9.92. The van der Waals surface area contributed by atoms with Crippen LogP contribution in [0.3, 0.4) is 0 Å². The second-order valence-corrected chi connectivity index (χ2v) is 9.19. The van der Waals surface area contributed by atoms with Crippen molar-refractivity contribution in [1.29, 1.82) is 0 Å². The average Bonchev–Trinajstić information content (AvgIpc) is 2.79. The number of aliphatic hydroxyl groups is 1. The van der Waals surface area contributed by atoms with Gasteiger partial charge in [0, 0.05) is 58.4 Å². The number of β-amino-alcohol motifs (C(OH)–C–C–N with tert-alkyl or cyclic N) is 1. The zero-order valence-electron chi connectivity index (χ0n) is 19.0. The van der Waals surface area contributed by atoms with Crippen LogP contribution in [0.5, 0.6) is 0 Å². The molecular formula is C25H35N5O2. The van der Waals surface area contributed by atoms with E-state index in [-0.39, 0.29) is 5.91 Å². The zero-order chi connectivity index (χ0) is 22.3. The van der Waals surface area contributed by atoms with E-state index in [2.05, 4.69) is 50.5 Å². The van der Waals surface area contributed by atoms with E-state index in [1.165, 1.54) is 11.1 Å². The first-order valence-corrected chi connectivity index (χ1v) is 11.8. The minimum absolute atomic E-state index is 0.172. The van der Waals surface area contributed by atoms with Crippen molar-refractivity contribution in [2.24, 2.45) is 5.92 Å².